The van der Waals surface area contributed by atoms with Gasteiger partial charge in [-0.25, -0.2) is 0 Å². The Kier molecular flexibility index (Phi) is 64.6. The molecule has 1 atom stereocenters. The number of esters is 3. The van der Waals surface area contributed by atoms with Crippen molar-refractivity contribution < 1.29 is 28.6 Å². The first-order valence-electron chi connectivity index (χ1n) is 34.8. The molecule has 77 heavy (non-hydrogen) atoms. The summed E-state index contributed by atoms with van der Waals surface area (Å²) in [5, 5.41) is 0. The van der Waals surface area contributed by atoms with Crippen molar-refractivity contribution in [2.24, 2.45) is 0 Å². The van der Waals surface area contributed by atoms with Gasteiger partial charge < -0.3 is 14.2 Å². The lowest BCUT2D eigenvalue weighted by Crippen LogP contribution is -2.30. The van der Waals surface area contributed by atoms with E-state index in [-0.39, 0.29) is 31.1 Å². The molecule has 0 fully saturated rings. The van der Waals surface area contributed by atoms with Crippen LogP contribution in [0.25, 0.3) is 0 Å². The van der Waals surface area contributed by atoms with E-state index in [0.717, 1.165) is 77.0 Å². The minimum absolute atomic E-state index is 0.0692. The molecule has 0 radical (unpaired) electrons. The molecular weight excluding hydrogens is 949 g/mol. The zero-order valence-corrected chi connectivity index (χ0v) is 52.3. The van der Waals surface area contributed by atoms with Crippen LogP contribution in [0.4, 0.5) is 0 Å². The van der Waals surface area contributed by atoms with Crippen molar-refractivity contribution in [3.63, 3.8) is 0 Å². The highest BCUT2D eigenvalue weighted by Gasteiger charge is 2.19. The van der Waals surface area contributed by atoms with Crippen LogP contribution in [-0.2, 0) is 28.6 Å². The molecule has 0 heterocycles. The van der Waals surface area contributed by atoms with Crippen LogP contribution in [0.15, 0.2) is 24.3 Å². The number of hydrogen-bond donors (Lipinski definition) is 0. The average molecular weight is 1080 g/mol. The summed E-state index contributed by atoms with van der Waals surface area (Å²) in [7, 11) is 0. The molecule has 6 heteroatoms. The molecule has 0 rings (SSSR count). The quantitative estimate of drug-likeness (QED) is 0.0261. The maximum Gasteiger partial charge on any atom is 0.306 e. The Morgan fingerprint density at radius 1 is 0.260 bits per heavy atom. The van der Waals surface area contributed by atoms with E-state index >= 15 is 0 Å². The topological polar surface area (TPSA) is 78.9 Å². The van der Waals surface area contributed by atoms with E-state index in [9.17, 15) is 14.4 Å². The molecule has 0 spiro atoms. The minimum atomic E-state index is -0.774. The Labute approximate surface area is 481 Å². The fourth-order valence-electron chi connectivity index (χ4n) is 10.7. The number of allylic oxidation sites excluding steroid dienone is 4. The first-order valence-corrected chi connectivity index (χ1v) is 34.8. The van der Waals surface area contributed by atoms with Gasteiger partial charge in [-0.05, 0) is 51.4 Å². The molecule has 0 bridgehead atoms. The summed E-state index contributed by atoms with van der Waals surface area (Å²) < 4.78 is 17.0. The molecular formula is C71H134O6. The van der Waals surface area contributed by atoms with Crippen LogP contribution >= 0.6 is 0 Å². The number of carbonyl (C=O) groups is 3. The van der Waals surface area contributed by atoms with E-state index in [1.54, 1.807) is 0 Å². The van der Waals surface area contributed by atoms with Crippen molar-refractivity contribution in [1.29, 1.82) is 0 Å². The molecule has 0 aromatic rings. The van der Waals surface area contributed by atoms with Crippen LogP contribution in [0.2, 0.25) is 0 Å². The fraction of sp³-hybridized carbons (Fsp3) is 0.901. The third-order valence-electron chi connectivity index (χ3n) is 16.0. The number of rotatable bonds is 65. The van der Waals surface area contributed by atoms with Gasteiger partial charge in [0.05, 0.1) is 0 Å². The van der Waals surface area contributed by atoms with Gasteiger partial charge >= 0.3 is 17.9 Å². The summed E-state index contributed by atoms with van der Waals surface area (Å²) in [6, 6.07) is 0. The Bertz CT molecular complexity index is 1240. The van der Waals surface area contributed by atoms with Gasteiger partial charge in [-0.2, -0.15) is 0 Å². The van der Waals surface area contributed by atoms with Crippen molar-refractivity contribution in [1.82, 2.24) is 0 Å². The molecule has 0 aliphatic carbocycles. The predicted octanol–water partition coefficient (Wildman–Crippen LogP) is 23.8. The van der Waals surface area contributed by atoms with Gasteiger partial charge in [0.1, 0.15) is 13.2 Å². The predicted molar refractivity (Wildman–Crippen MR) is 335 cm³/mol. The van der Waals surface area contributed by atoms with Gasteiger partial charge in [-0.1, -0.05) is 347 Å². The largest absolute Gasteiger partial charge is 0.462 e. The van der Waals surface area contributed by atoms with Gasteiger partial charge in [0.25, 0.3) is 0 Å². The fourth-order valence-corrected chi connectivity index (χ4v) is 10.7. The Morgan fingerprint density at radius 3 is 0.727 bits per heavy atom. The molecule has 1 unspecified atom stereocenters. The minimum Gasteiger partial charge on any atom is -0.462 e. The lowest BCUT2D eigenvalue weighted by molar-refractivity contribution is -0.167. The van der Waals surface area contributed by atoms with Crippen molar-refractivity contribution in [2.75, 3.05) is 13.2 Å². The van der Waals surface area contributed by atoms with Crippen molar-refractivity contribution in [3.05, 3.63) is 24.3 Å². The van der Waals surface area contributed by atoms with Gasteiger partial charge in [0.15, 0.2) is 6.10 Å². The Balaban J connectivity index is 4.28. The summed E-state index contributed by atoms with van der Waals surface area (Å²) in [5.41, 5.74) is 0. The summed E-state index contributed by atoms with van der Waals surface area (Å²) >= 11 is 0. The zero-order valence-electron chi connectivity index (χ0n) is 52.3. The van der Waals surface area contributed by atoms with Crippen LogP contribution in [0.3, 0.4) is 0 Å². The van der Waals surface area contributed by atoms with Gasteiger partial charge in [0, 0.05) is 19.3 Å². The number of unbranched alkanes of at least 4 members (excludes halogenated alkanes) is 50. The van der Waals surface area contributed by atoms with E-state index in [2.05, 4.69) is 45.1 Å². The molecule has 454 valence electrons. The van der Waals surface area contributed by atoms with Crippen LogP contribution in [0.1, 0.15) is 393 Å². The van der Waals surface area contributed by atoms with Crippen molar-refractivity contribution in [3.8, 4) is 0 Å². The average Bonchev–Trinajstić information content (AvgIpc) is 3.43. The molecule has 0 aliphatic heterocycles. The van der Waals surface area contributed by atoms with Crippen molar-refractivity contribution in [2.45, 2.75) is 399 Å². The Morgan fingerprint density at radius 2 is 0.468 bits per heavy atom. The van der Waals surface area contributed by atoms with Crippen molar-refractivity contribution >= 4 is 17.9 Å². The number of ether oxygens (including phenoxy) is 3. The van der Waals surface area contributed by atoms with E-state index in [1.807, 2.05) is 0 Å². The van der Waals surface area contributed by atoms with E-state index < -0.39 is 6.10 Å². The third kappa shape index (κ3) is 64.6. The summed E-state index contributed by atoms with van der Waals surface area (Å²) in [4.78, 5) is 38.4. The summed E-state index contributed by atoms with van der Waals surface area (Å²) in [6.45, 7) is 6.70. The lowest BCUT2D eigenvalue weighted by Gasteiger charge is -2.18. The number of carbonyl (C=O) groups excluding carboxylic acids is 3. The van der Waals surface area contributed by atoms with Crippen LogP contribution in [0, 0.1) is 0 Å². The Hall–Kier alpha value is -2.11. The third-order valence-corrected chi connectivity index (χ3v) is 16.0. The second-order valence-electron chi connectivity index (χ2n) is 23.8. The molecule has 0 amide bonds. The standard InChI is InChI=1S/C71H134O6/c1-4-7-10-13-16-19-22-25-28-31-33-35-36-37-39-40-43-46-49-52-55-58-61-64-70(73)76-67-68(66-75-69(72)63-60-57-54-51-48-45-42-30-27-24-21-18-15-12-9-6-3)77-71(74)65-62-59-56-53-50-47-44-41-38-34-32-29-26-23-20-17-14-11-8-5-2/h21,24,30,42,68H,4-20,22-23,25-29,31-41,43-67H2,1-3H3/b24-21-,42-30-. The molecule has 0 saturated heterocycles. The number of hydrogen-bond acceptors (Lipinski definition) is 6. The van der Waals surface area contributed by atoms with Crippen LogP contribution in [0.5, 0.6) is 0 Å². The van der Waals surface area contributed by atoms with Gasteiger partial charge in [-0.3, -0.25) is 14.4 Å². The highest BCUT2D eigenvalue weighted by atomic mass is 16.6. The first kappa shape index (κ1) is 74.9. The van der Waals surface area contributed by atoms with E-state index in [1.165, 1.54) is 276 Å². The molecule has 0 aliphatic rings. The highest BCUT2D eigenvalue weighted by molar-refractivity contribution is 5.71. The lowest BCUT2D eigenvalue weighted by atomic mass is 10.0. The van der Waals surface area contributed by atoms with E-state index in [0.29, 0.717) is 19.3 Å². The maximum atomic E-state index is 12.9. The van der Waals surface area contributed by atoms with Gasteiger partial charge in [-0.15, -0.1) is 0 Å². The molecule has 6 nitrogen and oxygen atoms in total. The zero-order chi connectivity index (χ0) is 55.7. The molecule has 0 N–H and O–H groups in total. The second-order valence-corrected chi connectivity index (χ2v) is 23.8. The van der Waals surface area contributed by atoms with Gasteiger partial charge in [0.2, 0.25) is 0 Å². The SMILES string of the molecule is CCCCCC/C=C\C/C=C\CCCCCCCC(=O)OCC(COC(=O)CCCCCCCCCCCCCCCCCCCCCCCCC)OC(=O)CCCCCCCCCCCCCCCCCCCCCC. The normalized spacial score (nSPS) is 12.1. The summed E-state index contributed by atoms with van der Waals surface area (Å²) in [5.74, 6) is -0.850. The van der Waals surface area contributed by atoms with Crippen LogP contribution < -0.4 is 0 Å². The monoisotopic (exact) mass is 1080 g/mol. The first-order chi connectivity index (χ1) is 38.0. The molecule has 0 aromatic carbocycles. The van der Waals surface area contributed by atoms with E-state index in [4.69, 9.17) is 14.2 Å². The smallest absolute Gasteiger partial charge is 0.306 e. The summed E-state index contributed by atoms with van der Waals surface area (Å²) in [6.07, 6.45) is 80.6. The second kappa shape index (κ2) is 66.4. The maximum absolute atomic E-state index is 12.9. The molecule has 0 aromatic heterocycles. The van der Waals surface area contributed by atoms with Crippen LogP contribution in [-0.4, -0.2) is 37.2 Å². The highest BCUT2D eigenvalue weighted by Crippen LogP contribution is 2.19. The molecule has 0 saturated carbocycles.